The summed E-state index contributed by atoms with van der Waals surface area (Å²) in [5.74, 6) is 0. The molecule has 2 aromatic rings. The lowest BCUT2D eigenvalue weighted by Crippen LogP contribution is -2.18. The van der Waals surface area contributed by atoms with Crippen molar-refractivity contribution in [2.75, 3.05) is 12.4 Å². The van der Waals surface area contributed by atoms with Crippen LogP contribution in [0.4, 0.5) is 5.69 Å². The summed E-state index contributed by atoms with van der Waals surface area (Å²) < 4.78 is 26.6. The molecule has 0 radical (unpaired) electrons. The highest BCUT2D eigenvalue weighted by molar-refractivity contribution is 9.10. The van der Waals surface area contributed by atoms with E-state index < -0.39 is 10.0 Å². The number of hydrogen-bond acceptors (Lipinski definition) is 4. The maximum atomic E-state index is 11.8. The van der Waals surface area contributed by atoms with Crippen LogP contribution in [-0.4, -0.2) is 15.5 Å². The Labute approximate surface area is 138 Å². The first-order valence-electron chi connectivity index (χ1n) is 6.42. The average molecular weight is 380 g/mol. The van der Waals surface area contributed by atoms with Gasteiger partial charge in [-0.25, -0.2) is 13.1 Å². The SMILES string of the molecule is CNS(=O)(=O)c1cccc(CNc2ccc(C#N)cc2Br)c1. The number of halogens is 1. The fourth-order valence-electron chi connectivity index (χ4n) is 1.87. The van der Waals surface area contributed by atoms with Crippen LogP contribution >= 0.6 is 15.9 Å². The van der Waals surface area contributed by atoms with E-state index in [0.717, 1.165) is 15.7 Å². The molecule has 0 amide bonds. The van der Waals surface area contributed by atoms with Crippen LogP contribution in [0, 0.1) is 11.3 Å². The largest absolute Gasteiger partial charge is 0.380 e. The molecule has 114 valence electrons. The van der Waals surface area contributed by atoms with Gasteiger partial charge in [0.05, 0.1) is 16.5 Å². The van der Waals surface area contributed by atoms with Gasteiger partial charge in [0.1, 0.15) is 0 Å². The van der Waals surface area contributed by atoms with E-state index in [0.29, 0.717) is 12.1 Å². The van der Waals surface area contributed by atoms with Gasteiger partial charge in [0.15, 0.2) is 0 Å². The third-order valence-corrected chi connectivity index (χ3v) is 5.13. The van der Waals surface area contributed by atoms with Crippen LogP contribution in [0.5, 0.6) is 0 Å². The van der Waals surface area contributed by atoms with Gasteiger partial charge < -0.3 is 5.32 Å². The van der Waals surface area contributed by atoms with E-state index in [9.17, 15) is 8.42 Å². The van der Waals surface area contributed by atoms with E-state index in [1.807, 2.05) is 6.07 Å². The number of hydrogen-bond donors (Lipinski definition) is 2. The molecule has 2 aromatic carbocycles. The van der Waals surface area contributed by atoms with E-state index in [1.54, 1.807) is 36.4 Å². The highest BCUT2D eigenvalue weighted by Gasteiger charge is 2.11. The zero-order chi connectivity index (χ0) is 16.2. The zero-order valence-electron chi connectivity index (χ0n) is 11.8. The molecule has 0 atom stereocenters. The summed E-state index contributed by atoms with van der Waals surface area (Å²) in [6.45, 7) is 0.470. The third-order valence-electron chi connectivity index (χ3n) is 3.06. The molecule has 0 aliphatic carbocycles. The van der Waals surface area contributed by atoms with Gasteiger partial charge in [0.2, 0.25) is 10.0 Å². The normalized spacial score (nSPS) is 11.0. The Morgan fingerprint density at radius 2 is 2.00 bits per heavy atom. The Morgan fingerprint density at radius 1 is 1.23 bits per heavy atom. The maximum absolute atomic E-state index is 11.8. The standard InChI is InChI=1S/C15H14BrN3O2S/c1-18-22(20,21)13-4-2-3-12(7-13)10-19-15-6-5-11(9-17)8-14(15)16/h2-8,18-19H,10H2,1H3. The van der Waals surface area contributed by atoms with Crippen molar-refractivity contribution < 1.29 is 8.42 Å². The molecule has 7 heteroatoms. The van der Waals surface area contributed by atoms with Crippen LogP contribution in [0.15, 0.2) is 51.8 Å². The first-order valence-corrected chi connectivity index (χ1v) is 8.70. The lowest BCUT2D eigenvalue weighted by atomic mass is 10.2. The Morgan fingerprint density at radius 3 is 2.64 bits per heavy atom. The average Bonchev–Trinajstić information content (AvgIpc) is 2.54. The Balaban J connectivity index is 2.16. The van der Waals surface area contributed by atoms with Crippen molar-refractivity contribution in [3.8, 4) is 6.07 Å². The quantitative estimate of drug-likeness (QED) is 0.836. The van der Waals surface area contributed by atoms with Gasteiger partial charge in [-0.15, -0.1) is 0 Å². The van der Waals surface area contributed by atoms with Gasteiger partial charge in [0, 0.05) is 16.7 Å². The van der Waals surface area contributed by atoms with E-state index >= 15 is 0 Å². The van der Waals surface area contributed by atoms with Crippen molar-refractivity contribution >= 4 is 31.6 Å². The summed E-state index contributed by atoms with van der Waals surface area (Å²) in [6.07, 6.45) is 0. The molecule has 0 aliphatic heterocycles. The van der Waals surface area contributed by atoms with E-state index in [2.05, 4.69) is 32.0 Å². The maximum Gasteiger partial charge on any atom is 0.240 e. The predicted molar refractivity (Wildman–Crippen MR) is 88.9 cm³/mol. The van der Waals surface area contributed by atoms with Gasteiger partial charge in [-0.2, -0.15) is 5.26 Å². The van der Waals surface area contributed by atoms with Crippen molar-refractivity contribution in [1.82, 2.24) is 4.72 Å². The summed E-state index contributed by atoms with van der Waals surface area (Å²) in [6, 6.07) is 14.0. The van der Waals surface area contributed by atoms with Crippen molar-refractivity contribution in [1.29, 1.82) is 5.26 Å². The van der Waals surface area contributed by atoms with E-state index in [1.165, 1.54) is 7.05 Å². The van der Waals surface area contributed by atoms with Crippen LogP contribution in [0.3, 0.4) is 0 Å². The first-order chi connectivity index (χ1) is 10.5. The van der Waals surface area contributed by atoms with Crippen LogP contribution in [0.25, 0.3) is 0 Å². The number of nitriles is 1. The van der Waals surface area contributed by atoms with Crippen LogP contribution in [-0.2, 0) is 16.6 Å². The van der Waals surface area contributed by atoms with E-state index in [-0.39, 0.29) is 4.90 Å². The molecule has 0 saturated heterocycles. The number of benzene rings is 2. The molecular formula is C15H14BrN3O2S. The van der Waals surface area contributed by atoms with Crippen LogP contribution in [0.2, 0.25) is 0 Å². The summed E-state index contributed by atoms with van der Waals surface area (Å²) in [7, 11) is -2.06. The molecule has 0 aromatic heterocycles. The minimum absolute atomic E-state index is 0.230. The Kier molecular flexibility index (Phi) is 5.19. The molecule has 0 bridgehead atoms. The van der Waals surface area contributed by atoms with Gasteiger partial charge in [-0.3, -0.25) is 0 Å². The first kappa shape index (κ1) is 16.5. The molecule has 2 N–H and O–H groups in total. The molecule has 5 nitrogen and oxygen atoms in total. The summed E-state index contributed by atoms with van der Waals surface area (Å²) in [5, 5.41) is 12.0. The van der Waals surface area contributed by atoms with Gasteiger partial charge in [-0.05, 0) is 58.9 Å². The van der Waals surface area contributed by atoms with Crippen molar-refractivity contribution in [2.24, 2.45) is 0 Å². The number of nitrogens with one attached hydrogen (secondary N) is 2. The Hall–Kier alpha value is -1.88. The summed E-state index contributed by atoms with van der Waals surface area (Å²) in [5.41, 5.74) is 2.24. The molecule has 22 heavy (non-hydrogen) atoms. The molecule has 0 fully saturated rings. The number of nitrogens with zero attached hydrogens (tertiary/aromatic N) is 1. The molecule has 0 spiro atoms. The molecule has 2 rings (SSSR count). The predicted octanol–water partition coefficient (Wildman–Crippen LogP) is 2.84. The highest BCUT2D eigenvalue weighted by Crippen LogP contribution is 2.24. The van der Waals surface area contributed by atoms with Crippen molar-refractivity contribution in [3.05, 3.63) is 58.1 Å². The second kappa shape index (κ2) is 6.92. The second-order valence-corrected chi connectivity index (χ2v) is 7.26. The van der Waals surface area contributed by atoms with Crippen LogP contribution in [0.1, 0.15) is 11.1 Å². The van der Waals surface area contributed by atoms with Crippen LogP contribution < -0.4 is 10.0 Å². The topological polar surface area (TPSA) is 82.0 Å². The number of sulfonamides is 1. The third kappa shape index (κ3) is 3.85. The fraction of sp³-hybridized carbons (Fsp3) is 0.133. The summed E-state index contributed by atoms with van der Waals surface area (Å²) >= 11 is 3.40. The lowest BCUT2D eigenvalue weighted by molar-refractivity contribution is 0.588. The molecule has 0 heterocycles. The monoisotopic (exact) mass is 379 g/mol. The minimum Gasteiger partial charge on any atom is -0.380 e. The molecular weight excluding hydrogens is 366 g/mol. The van der Waals surface area contributed by atoms with Gasteiger partial charge in [-0.1, -0.05) is 12.1 Å². The van der Waals surface area contributed by atoms with Gasteiger partial charge >= 0.3 is 0 Å². The lowest BCUT2D eigenvalue weighted by Gasteiger charge is -2.10. The highest BCUT2D eigenvalue weighted by atomic mass is 79.9. The molecule has 0 saturated carbocycles. The number of anilines is 1. The Bertz CT molecular complexity index is 829. The molecule has 0 aliphatic rings. The van der Waals surface area contributed by atoms with E-state index in [4.69, 9.17) is 5.26 Å². The van der Waals surface area contributed by atoms with Crippen molar-refractivity contribution in [2.45, 2.75) is 11.4 Å². The minimum atomic E-state index is -3.44. The molecule has 0 unspecified atom stereocenters. The van der Waals surface area contributed by atoms with Gasteiger partial charge in [0.25, 0.3) is 0 Å². The second-order valence-electron chi connectivity index (χ2n) is 4.51. The number of rotatable bonds is 5. The van der Waals surface area contributed by atoms with Crippen molar-refractivity contribution in [3.63, 3.8) is 0 Å². The fourth-order valence-corrected chi connectivity index (χ4v) is 3.18. The summed E-state index contributed by atoms with van der Waals surface area (Å²) in [4.78, 5) is 0.230. The zero-order valence-corrected chi connectivity index (χ0v) is 14.2. The smallest absolute Gasteiger partial charge is 0.240 e.